The van der Waals surface area contributed by atoms with E-state index in [4.69, 9.17) is 19.2 Å². The van der Waals surface area contributed by atoms with Gasteiger partial charge in [0.25, 0.3) is 0 Å². The monoisotopic (exact) mass is 502 g/mol. The average Bonchev–Trinajstić information content (AvgIpc) is 0.722. The fourth-order valence-electron chi connectivity index (χ4n) is 0. The quantitative estimate of drug-likeness (QED) is 0.275. The summed E-state index contributed by atoms with van der Waals surface area (Å²) in [7, 11) is -4.61. The van der Waals surface area contributed by atoms with Crippen LogP contribution in [-0.2, 0) is 32.7 Å². The molecule has 4 N–H and O–H groups in total. The molecule has 0 unspecified atom stereocenters. The van der Waals surface area contributed by atoms with E-state index in [1.165, 1.54) is 0 Å². The van der Waals surface area contributed by atoms with E-state index < -0.39 is 9.05 Å². The minimum atomic E-state index is -4.61. The van der Waals surface area contributed by atoms with Gasteiger partial charge in [0, 0.05) is 111 Å². The van der Waals surface area contributed by atoms with Gasteiger partial charge < -0.3 is 19.2 Å². The van der Waals surface area contributed by atoms with Crippen LogP contribution in [-0.4, -0.2) is 28.2 Å². The molecule has 0 saturated carbocycles. The van der Waals surface area contributed by atoms with E-state index in [1.807, 2.05) is 0 Å². The first kappa shape index (κ1) is 22.6. The van der Waals surface area contributed by atoms with E-state index in [9.17, 15) is 0 Å². The minimum absolute atomic E-state index is 0. The van der Waals surface area contributed by atoms with Gasteiger partial charge in [0.05, 0.1) is 0 Å². The minimum Gasteiger partial charge on any atom is -0.368 e. The molecule has 0 rings (SSSR count). The molecule has 0 saturated heterocycles. The van der Waals surface area contributed by atoms with E-state index in [2.05, 4.69) is 0 Å². The zero-order valence-corrected chi connectivity index (χ0v) is 11.8. The van der Waals surface area contributed by atoms with Gasteiger partial charge in [-0.2, -0.15) is 0 Å². The Morgan fingerprint density at radius 3 is 0.875 bits per heavy atom. The molecule has 8 heteroatoms. The van der Waals surface area contributed by atoms with Crippen LogP contribution in [0, 0.1) is 78.6 Å². The van der Waals surface area contributed by atoms with E-state index >= 15 is 0 Å². The molecule has 0 bridgehead atoms. The van der Waals surface area contributed by atoms with Crippen molar-refractivity contribution in [3.05, 3.63) is 0 Å². The van der Waals surface area contributed by atoms with E-state index in [1.54, 1.807) is 0 Å². The molecule has 2 radical (unpaired) electrons. The molecule has 0 aromatic rings. The van der Waals surface area contributed by atoms with Gasteiger partial charge in [-0.05, 0) is 0 Å². The second-order valence-corrected chi connectivity index (χ2v) is 1.80. The Balaban J connectivity index is -0.0000000267. The molecule has 0 aromatic heterocycles. The molecule has 8 heavy (non-hydrogen) atoms. The molecule has 0 atom stereocenters. The summed E-state index contributed by atoms with van der Waals surface area (Å²) in [5, 5.41) is 0. The third-order valence-electron chi connectivity index (χ3n) is 0. The van der Waals surface area contributed by atoms with E-state index in [-0.39, 0.29) is 111 Å². The van der Waals surface area contributed by atoms with Crippen molar-refractivity contribution < 1.29 is 130 Å². The maximum atomic E-state index is 7.33. The Labute approximate surface area is 136 Å². The molecular weight excluding hydrogens is 497 g/mol. The maximum absolute atomic E-state index is 7.33. The molecule has 0 aromatic carbocycles. The third-order valence-corrected chi connectivity index (χ3v) is 0. The molecule has 4 nitrogen and oxygen atoms in total. The van der Waals surface area contributed by atoms with Crippen molar-refractivity contribution in [3.8, 4) is 0 Å². The molecule has 0 heterocycles. The SMILES string of the molecule is O[Si](O)(O)O.[Gd].[Tb].[Y]. The predicted octanol–water partition coefficient (Wildman–Crippen LogP) is -2.61. The summed E-state index contributed by atoms with van der Waals surface area (Å²) in [6, 6.07) is 0. The Hall–Kier alpha value is 3.77. The van der Waals surface area contributed by atoms with Gasteiger partial charge in [0.15, 0.2) is 0 Å². The molecule has 0 aliphatic rings. The first-order valence-corrected chi connectivity index (χ1v) is 2.68. The van der Waals surface area contributed by atoms with Crippen molar-refractivity contribution >= 4 is 9.05 Å². The molecule has 0 fully saturated rings. The number of rotatable bonds is 0. The summed E-state index contributed by atoms with van der Waals surface area (Å²) in [5.74, 6) is 0. The summed E-state index contributed by atoms with van der Waals surface area (Å²) >= 11 is 0. The van der Waals surface area contributed by atoms with Gasteiger partial charge in [-0.3, -0.25) is 0 Å². The fraction of sp³-hybridized carbons (Fsp3) is 0. The Morgan fingerprint density at radius 1 is 0.875 bits per heavy atom. The number of hydrogen-bond donors (Lipinski definition) is 4. The first-order chi connectivity index (χ1) is 2.00. The van der Waals surface area contributed by atoms with Crippen LogP contribution in [0.25, 0.3) is 0 Å². The van der Waals surface area contributed by atoms with Crippen LogP contribution >= 0.6 is 0 Å². The van der Waals surface area contributed by atoms with Crippen LogP contribution in [0.2, 0.25) is 0 Å². The predicted molar refractivity (Wildman–Crippen MR) is 14.6 cm³/mol. The molecule has 0 aliphatic carbocycles. The van der Waals surface area contributed by atoms with Crippen LogP contribution < -0.4 is 0 Å². The smallest absolute Gasteiger partial charge is 0.368 e. The van der Waals surface area contributed by atoms with Crippen molar-refractivity contribution in [2.45, 2.75) is 0 Å². The zero-order chi connectivity index (χ0) is 4.50. The largest absolute Gasteiger partial charge is 0.668 e. The summed E-state index contributed by atoms with van der Waals surface area (Å²) in [4.78, 5) is 29.3. The maximum Gasteiger partial charge on any atom is 0.668 e. The normalized spacial score (nSPS) is 7.50. The van der Waals surface area contributed by atoms with Gasteiger partial charge in [-0.15, -0.1) is 0 Å². The van der Waals surface area contributed by atoms with Crippen LogP contribution in [0.4, 0.5) is 0 Å². The average molecular weight is 501 g/mol. The first-order valence-electron chi connectivity index (χ1n) is 0.894. The van der Waals surface area contributed by atoms with Crippen molar-refractivity contribution in [3.63, 3.8) is 0 Å². The van der Waals surface area contributed by atoms with E-state index in [0.717, 1.165) is 0 Å². The Kier molecular flexibility index (Phi) is 30.4. The summed E-state index contributed by atoms with van der Waals surface area (Å²) < 4.78 is 0. The fourth-order valence-corrected chi connectivity index (χ4v) is 0. The van der Waals surface area contributed by atoms with Gasteiger partial charge >= 0.3 is 9.05 Å². The van der Waals surface area contributed by atoms with Gasteiger partial charge in [-0.25, -0.2) is 0 Å². The van der Waals surface area contributed by atoms with Crippen molar-refractivity contribution in [1.29, 1.82) is 0 Å². The second-order valence-electron chi connectivity index (χ2n) is 0.600. The van der Waals surface area contributed by atoms with Gasteiger partial charge in [0.2, 0.25) is 0 Å². The summed E-state index contributed by atoms with van der Waals surface area (Å²) in [6.07, 6.45) is 0. The van der Waals surface area contributed by atoms with Crippen LogP contribution in [0.3, 0.4) is 0 Å². The molecule has 52 valence electrons. The molecular formula is H4GdO4SiTbY. The van der Waals surface area contributed by atoms with Crippen LogP contribution in [0.15, 0.2) is 0 Å². The third kappa shape index (κ3) is 52.9. The van der Waals surface area contributed by atoms with Crippen molar-refractivity contribution in [2.24, 2.45) is 0 Å². The molecule has 0 amide bonds. The van der Waals surface area contributed by atoms with E-state index in [0.29, 0.717) is 0 Å². The van der Waals surface area contributed by atoms with Gasteiger partial charge in [0.1, 0.15) is 0 Å². The van der Waals surface area contributed by atoms with Gasteiger partial charge in [-0.1, -0.05) is 0 Å². The topological polar surface area (TPSA) is 80.9 Å². The second kappa shape index (κ2) is 10.8. The van der Waals surface area contributed by atoms with Crippen molar-refractivity contribution in [2.75, 3.05) is 0 Å². The van der Waals surface area contributed by atoms with Crippen LogP contribution in [0.1, 0.15) is 0 Å². The Bertz CT molecular complexity index is 31.5. The van der Waals surface area contributed by atoms with Crippen LogP contribution in [0.5, 0.6) is 0 Å². The Morgan fingerprint density at radius 2 is 0.875 bits per heavy atom. The standard InChI is InChI=1S/Gd.H4O4Si.Tb.Y/c;1-5(2,3)4;;/h;1-4H;;. The summed E-state index contributed by atoms with van der Waals surface area (Å²) in [5.41, 5.74) is 0. The summed E-state index contributed by atoms with van der Waals surface area (Å²) in [6.45, 7) is 0. The molecule has 0 spiro atoms. The zero-order valence-electron chi connectivity index (χ0n) is 3.55. The number of hydrogen-bond acceptors (Lipinski definition) is 4. The van der Waals surface area contributed by atoms with Crippen molar-refractivity contribution in [1.82, 2.24) is 0 Å². The molecule has 0 aliphatic heterocycles.